The van der Waals surface area contributed by atoms with Crippen LogP contribution in [0.25, 0.3) is 0 Å². The van der Waals surface area contributed by atoms with Crippen molar-refractivity contribution in [1.29, 1.82) is 0 Å². The van der Waals surface area contributed by atoms with Crippen molar-refractivity contribution in [3.05, 3.63) is 113 Å². The highest BCUT2D eigenvalue weighted by atomic mass is 32.2. The monoisotopic (exact) mass is 544 g/mol. The van der Waals surface area contributed by atoms with Crippen LogP contribution in [0, 0.1) is 0 Å². The van der Waals surface area contributed by atoms with E-state index in [4.69, 9.17) is 14.2 Å². The molecule has 200 valence electrons. The van der Waals surface area contributed by atoms with Crippen molar-refractivity contribution < 1.29 is 28.6 Å². The average molecular weight is 545 g/mol. The van der Waals surface area contributed by atoms with Crippen LogP contribution in [0.5, 0.6) is 5.75 Å². The van der Waals surface area contributed by atoms with Crippen molar-refractivity contribution in [3.8, 4) is 5.75 Å². The van der Waals surface area contributed by atoms with Crippen LogP contribution in [0.15, 0.2) is 102 Å². The van der Waals surface area contributed by atoms with E-state index >= 15 is 0 Å². The quantitative estimate of drug-likeness (QED) is 0.321. The number of hydrogen-bond donors (Lipinski definition) is 1. The van der Waals surface area contributed by atoms with Gasteiger partial charge in [-0.25, -0.2) is 4.79 Å². The fourth-order valence-electron chi connectivity index (χ4n) is 4.62. The number of carbonyl (C=O) groups is 3. The molecule has 0 spiro atoms. The molecule has 0 bridgehead atoms. The highest BCUT2D eigenvalue weighted by molar-refractivity contribution is 8.00. The normalized spacial score (nSPS) is 20.2. The number of ether oxygens (including phenoxy) is 3. The summed E-state index contributed by atoms with van der Waals surface area (Å²) in [6, 6.07) is 27.0. The van der Waals surface area contributed by atoms with E-state index in [1.54, 1.807) is 31.2 Å². The van der Waals surface area contributed by atoms with E-state index in [1.165, 1.54) is 23.8 Å². The first-order chi connectivity index (χ1) is 19.0. The average Bonchev–Trinajstić information content (AvgIpc) is 2.98. The first kappa shape index (κ1) is 26.5. The number of rotatable bonds is 9. The largest absolute Gasteiger partial charge is 0.484 e. The van der Waals surface area contributed by atoms with Gasteiger partial charge in [-0.3, -0.25) is 14.5 Å². The fraction of sp³-hybridized carbons (Fsp3) is 0.233. The number of methoxy groups -OCH3 is 1. The lowest BCUT2D eigenvalue weighted by Gasteiger charge is -2.51. The van der Waals surface area contributed by atoms with Crippen LogP contribution in [-0.4, -0.2) is 53.3 Å². The summed E-state index contributed by atoms with van der Waals surface area (Å²) < 4.78 is 17.2. The van der Waals surface area contributed by atoms with E-state index in [-0.39, 0.29) is 12.3 Å². The topological polar surface area (TPSA) is 94.2 Å². The van der Waals surface area contributed by atoms with Gasteiger partial charge in [0.2, 0.25) is 0 Å². The zero-order valence-corrected chi connectivity index (χ0v) is 22.3. The Morgan fingerprint density at radius 3 is 2.05 bits per heavy atom. The second kappa shape index (κ2) is 11.8. The van der Waals surface area contributed by atoms with E-state index in [1.807, 2.05) is 66.7 Å². The zero-order valence-electron chi connectivity index (χ0n) is 21.5. The van der Waals surface area contributed by atoms with Gasteiger partial charge in [-0.15, -0.1) is 0 Å². The molecule has 0 aliphatic carbocycles. The molecule has 0 aromatic heterocycles. The number of benzene rings is 3. The van der Waals surface area contributed by atoms with Gasteiger partial charge >= 0.3 is 5.97 Å². The van der Waals surface area contributed by atoms with Crippen LogP contribution < -0.4 is 10.1 Å². The zero-order chi connectivity index (χ0) is 27.4. The van der Waals surface area contributed by atoms with Gasteiger partial charge in [-0.1, -0.05) is 90.6 Å². The number of hydrogen-bond acceptors (Lipinski definition) is 7. The second-order valence-corrected chi connectivity index (χ2v) is 10.3. The summed E-state index contributed by atoms with van der Waals surface area (Å²) in [6.45, 7) is 1.51. The number of esters is 1. The van der Waals surface area contributed by atoms with Gasteiger partial charge in [-0.05, 0) is 35.8 Å². The lowest BCUT2D eigenvalue weighted by molar-refractivity contribution is -0.155. The Bertz CT molecular complexity index is 1330. The van der Waals surface area contributed by atoms with Crippen molar-refractivity contribution in [2.75, 3.05) is 13.7 Å². The number of β-lactam (4-membered cyclic amide) rings is 1. The van der Waals surface area contributed by atoms with E-state index < -0.39 is 40.7 Å². The summed E-state index contributed by atoms with van der Waals surface area (Å²) in [7, 11) is 1.54. The molecule has 1 saturated heterocycles. The van der Waals surface area contributed by atoms with Crippen molar-refractivity contribution >= 4 is 29.5 Å². The lowest BCUT2D eigenvalue weighted by atomic mass is 10.0. The lowest BCUT2D eigenvalue weighted by Crippen LogP contribution is -2.71. The molecule has 1 N–H and O–H groups in total. The predicted molar refractivity (Wildman–Crippen MR) is 146 cm³/mol. The van der Waals surface area contributed by atoms with Gasteiger partial charge in [0, 0.05) is 7.11 Å². The Hall–Kier alpha value is -4.08. The molecule has 39 heavy (non-hydrogen) atoms. The maximum Gasteiger partial charge on any atom is 0.356 e. The SMILES string of the molecule is CO[C@H]1S[C@H]2[C@@H](NC(=O)COc3ccccc3)C(=O)N2C(C(=O)OC(c2ccccc2)c2ccccc2)=C1C. The maximum atomic E-state index is 13.7. The first-order valence-corrected chi connectivity index (χ1v) is 13.4. The summed E-state index contributed by atoms with van der Waals surface area (Å²) in [4.78, 5) is 40.9. The van der Waals surface area contributed by atoms with Gasteiger partial charge in [-0.2, -0.15) is 0 Å². The van der Waals surface area contributed by atoms with Crippen molar-refractivity contribution in [1.82, 2.24) is 10.2 Å². The Morgan fingerprint density at radius 2 is 1.49 bits per heavy atom. The van der Waals surface area contributed by atoms with E-state index in [0.717, 1.165) is 11.1 Å². The molecule has 0 unspecified atom stereocenters. The summed E-state index contributed by atoms with van der Waals surface area (Å²) in [5.41, 5.74) is 1.83. The third-order valence-electron chi connectivity index (χ3n) is 6.54. The molecule has 1 fully saturated rings. The number of para-hydroxylation sites is 1. The number of carbonyl (C=O) groups excluding carboxylic acids is 3. The van der Waals surface area contributed by atoms with Gasteiger partial charge in [0.15, 0.2) is 12.7 Å². The minimum atomic E-state index is -0.825. The number of nitrogens with one attached hydrogen (secondary N) is 1. The van der Waals surface area contributed by atoms with E-state index in [2.05, 4.69) is 5.32 Å². The van der Waals surface area contributed by atoms with Crippen LogP contribution in [0.1, 0.15) is 24.2 Å². The molecule has 3 atom stereocenters. The number of fused-ring (bicyclic) bond motifs is 1. The highest BCUT2D eigenvalue weighted by Crippen LogP contribution is 2.45. The molecule has 2 aliphatic heterocycles. The molecular weight excluding hydrogens is 516 g/mol. The Labute approximate surface area is 230 Å². The van der Waals surface area contributed by atoms with Gasteiger partial charge in [0.1, 0.15) is 28.3 Å². The van der Waals surface area contributed by atoms with E-state index in [9.17, 15) is 14.4 Å². The minimum Gasteiger partial charge on any atom is -0.484 e. The molecule has 2 aliphatic rings. The molecule has 0 saturated carbocycles. The molecule has 3 aromatic rings. The Balaban J connectivity index is 1.34. The highest BCUT2D eigenvalue weighted by Gasteiger charge is 2.56. The van der Waals surface area contributed by atoms with E-state index in [0.29, 0.717) is 11.3 Å². The Kier molecular flexibility index (Phi) is 7.99. The van der Waals surface area contributed by atoms with Crippen LogP contribution in [-0.2, 0) is 23.9 Å². The first-order valence-electron chi connectivity index (χ1n) is 12.5. The Morgan fingerprint density at radius 1 is 0.923 bits per heavy atom. The van der Waals surface area contributed by atoms with Crippen molar-refractivity contribution in [2.24, 2.45) is 0 Å². The van der Waals surface area contributed by atoms with Crippen LogP contribution in [0.2, 0.25) is 0 Å². The summed E-state index contributed by atoms with van der Waals surface area (Å²) in [5.74, 6) is -0.911. The summed E-state index contributed by atoms with van der Waals surface area (Å²) in [6.07, 6.45) is -0.670. The summed E-state index contributed by atoms with van der Waals surface area (Å²) in [5, 5.41) is 2.21. The van der Waals surface area contributed by atoms with Gasteiger partial charge in [0.05, 0.1) is 0 Å². The smallest absolute Gasteiger partial charge is 0.356 e. The number of amides is 2. The third-order valence-corrected chi connectivity index (χ3v) is 8.10. The predicted octanol–water partition coefficient (Wildman–Crippen LogP) is 4.04. The van der Waals surface area contributed by atoms with Crippen molar-refractivity contribution in [3.63, 3.8) is 0 Å². The van der Waals surface area contributed by atoms with Gasteiger partial charge in [0.25, 0.3) is 11.8 Å². The molecular formula is C30H28N2O6S. The third kappa shape index (κ3) is 5.55. The van der Waals surface area contributed by atoms with Gasteiger partial charge < -0.3 is 19.5 Å². The molecule has 2 heterocycles. The second-order valence-electron chi connectivity index (χ2n) is 9.09. The molecule has 8 nitrogen and oxygen atoms in total. The number of thioether (sulfide) groups is 1. The maximum absolute atomic E-state index is 13.7. The van der Waals surface area contributed by atoms with Crippen LogP contribution >= 0.6 is 11.8 Å². The number of nitrogens with zero attached hydrogens (tertiary/aromatic N) is 1. The minimum absolute atomic E-state index is 0.137. The van der Waals surface area contributed by atoms with Crippen LogP contribution in [0.4, 0.5) is 0 Å². The molecule has 5 rings (SSSR count). The molecule has 9 heteroatoms. The molecule has 3 aromatic carbocycles. The van der Waals surface area contributed by atoms with Crippen molar-refractivity contribution in [2.45, 2.75) is 29.9 Å². The standard InChI is InChI=1S/C30H28N2O6S/c1-19-25(29(35)38-26(20-12-6-3-7-13-20)21-14-8-4-9-15-21)32-27(34)24(28(32)39-30(19)36-2)31-23(33)18-37-22-16-10-5-11-17-22/h3-17,24,26,28,30H,18H2,1-2H3,(H,31,33)/t24-,28-,30-/m0/s1. The molecule has 2 amide bonds. The fourth-order valence-corrected chi connectivity index (χ4v) is 5.98. The van der Waals surface area contributed by atoms with Crippen LogP contribution in [0.3, 0.4) is 0 Å². The summed E-state index contributed by atoms with van der Waals surface area (Å²) >= 11 is 1.35. The molecule has 0 radical (unpaired) electrons.